The molecule has 3 nitrogen and oxygen atoms in total. The van der Waals surface area contributed by atoms with Crippen molar-refractivity contribution in [2.75, 3.05) is 18.8 Å². The van der Waals surface area contributed by atoms with Gasteiger partial charge in [-0.2, -0.15) is 0 Å². The molecule has 3 atom stereocenters. The summed E-state index contributed by atoms with van der Waals surface area (Å²) >= 11 is 0. The molecule has 0 amide bonds. The lowest BCUT2D eigenvalue weighted by atomic mass is 10.2. The van der Waals surface area contributed by atoms with Crippen molar-refractivity contribution < 1.29 is 12.6 Å². The minimum atomic E-state index is -1.16. The lowest BCUT2D eigenvalue weighted by molar-refractivity contribution is 0.682. The van der Waals surface area contributed by atoms with Gasteiger partial charge in [0.25, 0.3) is 0 Å². The molecule has 0 aliphatic carbocycles. The summed E-state index contributed by atoms with van der Waals surface area (Å²) in [6, 6.07) is 3.33. The molecule has 0 saturated heterocycles. The van der Waals surface area contributed by atoms with Gasteiger partial charge in [-0.1, -0.05) is 0 Å². The van der Waals surface area contributed by atoms with E-state index in [1.165, 1.54) is 0 Å². The zero-order valence-corrected chi connectivity index (χ0v) is 12.1. The monoisotopic (exact) mass is 278 g/mol. The Kier molecular flexibility index (Phi) is 4.58. The molecule has 0 radical (unpaired) electrons. The highest BCUT2D eigenvalue weighted by molar-refractivity contribution is 7.86. The molecule has 1 rings (SSSR count). The van der Waals surface area contributed by atoms with Crippen LogP contribution < -0.4 is 0 Å². The maximum absolute atomic E-state index is 11.5. The molecule has 90 valence electrons. The van der Waals surface area contributed by atoms with Crippen LogP contribution in [0.4, 0.5) is 0 Å². The summed E-state index contributed by atoms with van der Waals surface area (Å²) in [4.78, 5) is 1.79. The van der Waals surface area contributed by atoms with Crippen molar-refractivity contribution in [2.45, 2.75) is 21.6 Å². The SMILES string of the molecule is Cc1c(S(C)=O)cc(S(C)=O)cc1S(C)=O. The van der Waals surface area contributed by atoms with Crippen LogP contribution in [0.5, 0.6) is 0 Å². The molecule has 0 fully saturated rings. The first-order valence-electron chi connectivity index (χ1n) is 4.49. The number of hydrogen-bond donors (Lipinski definition) is 0. The number of hydrogen-bond acceptors (Lipinski definition) is 3. The van der Waals surface area contributed by atoms with Gasteiger partial charge in [0.05, 0.1) is 21.6 Å². The van der Waals surface area contributed by atoms with E-state index in [0.29, 0.717) is 14.7 Å². The van der Waals surface area contributed by atoms with Crippen molar-refractivity contribution in [1.29, 1.82) is 0 Å². The van der Waals surface area contributed by atoms with Gasteiger partial charge in [0.15, 0.2) is 0 Å². The Labute approximate surface area is 103 Å². The van der Waals surface area contributed by atoms with Gasteiger partial charge < -0.3 is 0 Å². The van der Waals surface area contributed by atoms with Gasteiger partial charge in [0.2, 0.25) is 0 Å². The molecule has 0 spiro atoms. The van der Waals surface area contributed by atoms with Crippen molar-refractivity contribution in [2.24, 2.45) is 0 Å². The fourth-order valence-corrected chi connectivity index (χ4v) is 3.85. The summed E-state index contributed by atoms with van der Waals surface area (Å²) in [5.74, 6) is 0. The normalized spacial score (nSPS) is 16.8. The first-order chi connectivity index (χ1) is 7.34. The standard InChI is InChI=1S/C10H14O3S3/c1-7-9(15(3)12)5-8(14(2)11)6-10(7)16(4)13/h5-6H,1-4H3. The summed E-state index contributed by atoms with van der Waals surface area (Å²) in [6.45, 7) is 1.79. The lowest BCUT2D eigenvalue weighted by Gasteiger charge is -2.10. The third-order valence-corrected chi connectivity index (χ3v) is 5.22. The number of benzene rings is 1. The molecule has 0 N–H and O–H groups in total. The van der Waals surface area contributed by atoms with Gasteiger partial charge in [-0.25, -0.2) is 0 Å². The zero-order chi connectivity index (χ0) is 12.5. The fraction of sp³-hybridized carbons (Fsp3) is 0.400. The van der Waals surface area contributed by atoms with Crippen molar-refractivity contribution in [3.05, 3.63) is 17.7 Å². The molecule has 6 heteroatoms. The molecule has 1 aromatic carbocycles. The molecule has 0 bridgehead atoms. The average molecular weight is 278 g/mol. The predicted octanol–water partition coefficient (Wildman–Crippen LogP) is 1.21. The van der Waals surface area contributed by atoms with Crippen molar-refractivity contribution in [3.8, 4) is 0 Å². The average Bonchev–Trinajstić information content (AvgIpc) is 2.16. The second kappa shape index (κ2) is 5.33. The minimum Gasteiger partial charge on any atom is -0.255 e. The Balaban J connectivity index is 3.57. The summed E-state index contributed by atoms with van der Waals surface area (Å²) < 4.78 is 34.5. The highest BCUT2D eigenvalue weighted by Crippen LogP contribution is 2.23. The van der Waals surface area contributed by atoms with E-state index in [-0.39, 0.29) is 0 Å². The third kappa shape index (κ3) is 2.87. The van der Waals surface area contributed by atoms with Crippen molar-refractivity contribution in [3.63, 3.8) is 0 Å². The van der Waals surface area contributed by atoms with Crippen LogP contribution in [-0.2, 0) is 32.4 Å². The van der Waals surface area contributed by atoms with E-state index in [2.05, 4.69) is 0 Å². The first-order valence-corrected chi connectivity index (χ1v) is 9.17. The quantitative estimate of drug-likeness (QED) is 0.835. The topological polar surface area (TPSA) is 51.2 Å². The Morgan fingerprint density at radius 1 is 0.812 bits per heavy atom. The van der Waals surface area contributed by atoms with Crippen LogP contribution in [0.2, 0.25) is 0 Å². The molecule has 3 unspecified atom stereocenters. The van der Waals surface area contributed by atoms with E-state index in [1.807, 2.05) is 0 Å². The van der Waals surface area contributed by atoms with Crippen molar-refractivity contribution >= 4 is 32.4 Å². The van der Waals surface area contributed by atoms with Crippen LogP contribution in [0.3, 0.4) is 0 Å². The predicted molar refractivity (Wildman–Crippen MR) is 68.2 cm³/mol. The van der Waals surface area contributed by atoms with Gasteiger partial charge in [-0.15, -0.1) is 0 Å². The molecule has 0 heterocycles. The van der Waals surface area contributed by atoms with E-state index in [9.17, 15) is 12.6 Å². The van der Waals surface area contributed by atoms with E-state index in [4.69, 9.17) is 0 Å². The zero-order valence-electron chi connectivity index (χ0n) is 9.60. The molecule has 1 aromatic rings. The Hall–Kier alpha value is -0.330. The van der Waals surface area contributed by atoms with Crippen LogP contribution in [0.1, 0.15) is 5.56 Å². The molecule has 0 aliphatic heterocycles. The number of rotatable bonds is 3. The van der Waals surface area contributed by atoms with Gasteiger partial charge >= 0.3 is 0 Å². The molecule has 0 aliphatic rings. The molecule has 0 aromatic heterocycles. The van der Waals surface area contributed by atoms with Crippen LogP contribution in [-0.4, -0.2) is 31.4 Å². The Morgan fingerprint density at radius 2 is 1.19 bits per heavy atom. The maximum atomic E-state index is 11.5. The molecule has 0 saturated carbocycles. The van der Waals surface area contributed by atoms with E-state index >= 15 is 0 Å². The summed E-state index contributed by atoms with van der Waals surface area (Å²) in [5, 5.41) is 0. The summed E-state index contributed by atoms with van der Waals surface area (Å²) in [6.07, 6.45) is 4.68. The van der Waals surface area contributed by atoms with Gasteiger partial charge in [-0.05, 0) is 24.6 Å². The van der Waals surface area contributed by atoms with Crippen LogP contribution in [0, 0.1) is 6.92 Å². The van der Waals surface area contributed by atoms with Crippen LogP contribution >= 0.6 is 0 Å². The second-order valence-electron chi connectivity index (χ2n) is 3.41. The molecule has 16 heavy (non-hydrogen) atoms. The highest BCUT2D eigenvalue weighted by Gasteiger charge is 2.13. The van der Waals surface area contributed by atoms with Crippen LogP contribution in [0.15, 0.2) is 26.8 Å². The van der Waals surface area contributed by atoms with E-state index in [0.717, 1.165) is 5.56 Å². The van der Waals surface area contributed by atoms with Gasteiger partial charge in [0.1, 0.15) is 0 Å². The molecular weight excluding hydrogens is 264 g/mol. The summed E-state index contributed by atoms with van der Waals surface area (Å²) in [7, 11) is -3.49. The first kappa shape index (κ1) is 13.7. The molecular formula is C10H14O3S3. The smallest absolute Gasteiger partial charge is 0.0501 e. The highest BCUT2D eigenvalue weighted by atomic mass is 32.2. The van der Waals surface area contributed by atoms with Gasteiger partial charge in [0, 0.05) is 44.3 Å². The maximum Gasteiger partial charge on any atom is 0.0501 e. The van der Waals surface area contributed by atoms with E-state index < -0.39 is 32.4 Å². The Morgan fingerprint density at radius 3 is 1.44 bits per heavy atom. The van der Waals surface area contributed by atoms with E-state index in [1.54, 1.807) is 37.8 Å². The Bertz CT molecular complexity index is 459. The van der Waals surface area contributed by atoms with Crippen molar-refractivity contribution in [1.82, 2.24) is 0 Å². The van der Waals surface area contributed by atoms with Crippen LogP contribution in [0.25, 0.3) is 0 Å². The van der Waals surface area contributed by atoms with Gasteiger partial charge in [-0.3, -0.25) is 12.6 Å². The minimum absolute atomic E-state index is 0.570. The lowest BCUT2D eigenvalue weighted by Crippen LogP contribution is -2.02. The summed E-state index contributed by atoms with van der Waals surface area (Å²) in [5.41, 5.74) is 0.760. The largest absolute Gasteiger partial charge is 0.255 e. The second-order valence-corrected chi connectivity index (χ2v) is 7.48. The third-order valence-electron chi connectivity index (χ3n) is 2.24. The fourth-order valence-electron chi connectivity index (χ4n) is 1.40.